The molecule has 0 atom stereocenters. The fourth-order valence-electron chi connectivity index (χ4n) is 1.35. The zero-order valence-corrected chi connectivity index (χ0v) is 11.9. The van der Waals surface area contributed by atoms with Crippen molar-refractivity contribution in [3.05, 3.63) is 23.2 Å². The quantitative estimate of drug-likeness (QED) is 0.614. The normalized spacial score (nSPS) is 11.1. The Morgan fingerprint density at radius 3 is 2.74 bits per heavy atom. The average molecular weight is 307 g/mol. The van der Waals surface area contributed by atoms with Gasteiger partial charge in [0.15, 0.2) is 0 Å². The number of carbonyl (C=O) groups excluding carboxylic acids is 1. The van der Waals surface area contributed by atoms with E-state index in [9.17, 15) is 13.2 Å². The average Bonchev–Trinajstić information content (AvgIpc) is 2.32. The molecule has 0 aliphatic carbocycles. The van der Waals surface area contributed by atoms with E-state index in [0.29, 0.717) is 5.02 Å². The maximum atomic E-state index is 11.8. The number of benzene rings is 1. The molecule has 0 spiro atoms. The number of nitrogen functional groups attached to an aromatic ring is 1. The zero-order valence-electron chi connectivity index (χ0n) is 10.3. The first kappa shape index (κ1) is 15.6. The molecule has 1 rings (SSSR count). The van der Waals surface area contributed by atoms with Crippen LogP contribution >= 0.6 is 11.6 Å². The van der Waals surface area contributed by atoms with E-state index in [1.807, 2.05) is 0 Å². The van der Waals surface area contributed by atoms with Gasteiger partial charge in [0.1, 0.15) is 0 Å². The number of nitrogens with one attached hydrogen (secondary N) is 1. The van der Waals surface area contributed by atoms with Crippen LogP contribution in [0.25, 0.3) is 0 Å². The summed E-state index contributed by atoms with van der Waals surface area (Å²) < 4.78 is 30.3. The van der Waals surface area contributed by atoms with E-state index in [-0.39, 0.29) is 30.0 Å². The molecule has 0 heterocycles. The number of esters is 1. The Morgan fingerprint density at radius 1 is 1.47 bits per heavy atom. The molecule has 0 aliphatic heterocycles. The molecule has 0 amide bonds. The smallest absolute Gasteiger partial charge is 0.305 e. The Labute approximate surface area is 116 Å². The van der Waals surface area contributed by atoms with Crippen LogP contribution in [0, 0.1) is 0 Å². The SMILES string of the molecule is COC(=O)CCCS(=O)(=O)Nc1ccc(Cl)cc1N. The number of rotatable bonds is 6. The standard InChI is InChI=1S/C11H15ClN2O4S/c1-18-11(15)3-2-6-19(16,17)14-10-5-4-8(12)7-9(10)13/h4-5,7,14H,2-3,6,13H2,1H3. The molecule has 0 aliphatic rings. The first-order valence-electron chi connectivity index (χ1n) is 5.46. The van der Waals surface area contributed by atoms with Crippen LogP contribution in [0.1, 0.15) is 12.8 Å². The topological polar surface area (TPSA) is 98.5 Å². The number of carbonyl (C=O) groups is 1. The molecule has 0 fully saturated rings. The van der Waals surface area contributed by atoms with E-state index < -0.39 is 16.0 Å². The third-order valence-electron chi connectivity index (χ3n) is 2.30. The van der Waals surface area contributed by atoms with E-state index in [0.717, 1.165) is 0 Å². The number of anilines is 2. The second-order valence-electron chi connectivity index (χ2n) is 3.83. The van der Waals surface area contributed by atoms with Gasteiger partial charge in [-0.2, -0.15) is 0 Å². The first-order valence-corrected chi connectivity index (χ1v) is 7.49. The highest BCUT2D eigenvalue weighted by molar-refractivity contribution is 7.92. The third kappa shape index (κ3) is 5.35. The highest BCUT2D eigenvalue weighted by Gasteiger charge is 2.13. The monoisotopic (exact) mass is 306 g/mol. The highest BCUT2D eigenvalue weighted by Crippen LogP contribution is 2.23. The van der Waals surface area contributed by atoms with Crippen molar-refractivity contribution in [3.8, 4) is 0 Å². The van der Waals surface area contributed by atoms with E-state index >= 15 is 0 Å². The Kier molecular flexibility index (Phi) is 5.44. The fraction of sp³-hybridized carbons (Fsp3) is 0.364. The van der Waals surface area contributed by atoms with Crippen LogP contribution in [0.3, 0.4) is 0 Å². The lowest BCUT2D eigenvalue weighted by molar-refractivity contribution is -0.140. The Hall–Kier alpha value is -1.47. The van der Waals surface area contributed by atoms with Crippen LogP contribution in [-0.4, -0.2) is 27.2 Å². The van der Waals surface area contributed by atoms with Crippen molar-refractivity contribution < 1.29 is 17.9 Å². The second kappa shape index (κ2) is 6.63. The van der Waals surface area contributed by atoms with E-state index in [4.69, 9.17) is 17.3 Å². The molecular weight excluding hydrogens is 292 g/mol. The lowest BCUT2D eigenvalue weighted by atomic mass is 10.3. The predicted molar refractivity (Wildman–Crippen MR) is 74.5 cm³/mol. The third-order valence-corrected chi connectivity index (χ3v) is 3.89. The summed E-state index contributed by atoms with van der Waals surface area (Å²) in [4.78, 5) is 10.9. The summed E-state index contributed by atoms with van der Waals surface area (Å²) in [7, 11) is -2.30. The molecule has 6 nitrogen and oxygen atoms in total. The van der Waals surface area contributed by atoms with Crippen molar-refractivity contribution in [2.75, 3.05) is 23.3 Å². The lowest BCUT2D eigenvalue weighted by Gasteiger charge is -2.10. The number of sulfonamides is 1. The van der Waals surface area contributed by atoms with Gasteiger partial charge in [0.05, 0.1) is 24.2 Å². The lowest BCUT2D eigenvalue weighted by Crippen LogP contribution is -2.18. The van der Waals surface area contributed by atoms with Crippen molar-refractivity contribution in [1.82, 2.24) is 0 Å². The van der Waals surface area contributed by atoms with Gasteiger partial charge in [-0.05, 0) is 24.6 Å². The van der Waals surface area contributed by atoms with Crippen LogP contribution < -0.4 is 10.5 Å². The molecule has 0 unspecified atom stereocenters. The van der Waals surface area contributed by atoms with Gasteiger partial charge < -0.3 is 10.5 Å². The van der Waals surface area contributed by atoms with Gasteiger partial charge >= 0.3 is 5.97 Å². The molecule has 0 bridgehead atoms. The Morgan fingerprint density at radius 2 is 2.16 bits per heavy atom. The van der Waals surface area contributed by atoms with Crippen LogP contribution in [0.5, 0.6) is 0 Å². The van der Waals surface area contributed by atoms with Crippen LogP contribution in [0.15, 0.2) is 18.2 Å². The molecule has 0 saturated heterocycles. The van der Waals surface area contributed by atoms with Gasteiger partial charge in [-0.15, -0.1) is 0 Å². The summed E-state index contributed by atoms with van der Waals surface area (Å²) in [6, 6.07) is 4.47. The molecule has 1 aromatic carbocycles. The van der Waals surface area contributed by atoms with E-state index in [1.165, 1.54) is 25.3 Å². The molecule has 1 aromatic rings. The summed E-state index contributed by atoms with van der Waals surface area (Å²) in [6.45, 7) is 0. The van der Waals surface area contributed by atoms with Crippen molar-refractivity contribution in [2.24, 2.45) is 0 Å². The minimum Gasteiger partial charge on any atom is -0.469 e. The minimum absolute atomic E-state index is 0.0491. The van der Waals surface area contributed by atoms with E-state index in [2.05, 4.69) is 9.46 Å². The largest absolute Gasteiger partial charge is 0.469 e. The second-order valence-corrected chi connectivity index (χ2v) is 6.11. The Bertz CT molecular complexity index is 560. The van der Waals surface area contributed by atoms with Crippen molar-refractivity contribution in [2.45, 2.75) is 12.8 Å². The van der Waals surface area contributed by atoms with Gasteiger partial charge in [0, 0.05) is 11.4 Å². The van der Waals surface area contributed by atoms with Crippen molar-refractivity contribution in [3.63, 3.8) is 0 Å². The molecule has 3 N–H and O–H groups in total. The van der Waals surface area contributed by atoms with E-state index in [1.54, 1.807) is 0 Å². The van der Waals surface area contributed by atoms with Gasteiger partial charge in [-0.1, -0.05) is 11.6 Å². The maximum absolute atomic E-state index is 11.8. The van der Waals surface area contributed by atoms with Gasteiger partial charge in [-0.25, -0.2) is 8.42 Å². The van der Waals surface area contributed by atoms with Crippen LogP contribution in [0.4, 0.5) is 11.4 Å². The maximum Gasteiger partial charge on any atom is 0.305 e. The molecule has 0 saturated carbocycles. The molecule has 19 heavy (non-hydrogen) atoms. The number of ether oxygens (including phenoxy) is 1. The van der Waals surface area contributed by atoms with Crippen molar-refractivity contribution >= 4 is 39.0 Å². The molecule has 8 heteroatoms. The number of halogens is 1. The summed E-state index contributed by atoms with van der Waals surface area (Å²) >= 11 is 5.71. The van der Waals surface area contributed by atoms with Gasteiger partial charge in [-0.3, -0.25) is 9.52 Å². The minimum atomic E-state index is -3.55. The van der Waals surface area contributed by atoms with Crippen molar-refractivity contribution in [1.29, 1.82) is 0 Å². The summed E-state index contributed by atoms with van der Waals surface area (Å²) in [5, 5.41) is 0.422. The molecule has 106 valence electrons. The summed E-state index contributed by atoms with van der Waals surface area (Å²) in [5.41, 5.74) is 6.15. The zero-order chi connectivity index (χ0) is 14.5. The number of hydrogen-bond acceptors (Lipinski definition) is 5. The van der Waals surface area contributed by atoms with Gasteiger partial charge in [0.2, 0.25) is 10.0 Å². The summed E-state index contributed by atoms with van der Waals surface area (Å²) in [5.74, 6) is -0.634. The fourth-order valence-corrected chi connectivity index (χ4v) is 2.68. The van der Waals surface area contributed by atoms with Crippen LogP contribution in [0.2, 0.25) is 5.02 Å². The summed E-state index contributed by atoms with van der Waals surface area (Å²) in [6.07, 6.45) is 0.225. The van der Waals surface area contributed by atoms with Gasteiger partial charge in [0.25, 0.3) is 0 Å². The number of hydrogen-bond donors (Lipinski definition) is 2. The number of nitrogens with two attached hydrogens (primary N) is 1. The predicted octanol–water partition coefficient (Wildman–Crippen LogP) is 1.62. The molecule has 0 aromatic heterocycles. The molecular formula is C11H15ClN2O4S. The Balaban J connectivity index is 2.61. The molecule has 0 radical (unpaired) electrons. The first-order chi connectivity index (χ1) is 8.84. The number of methoxy groups -OCH3 is 1. The van der Waals surface area contributed by atoms with Crippen LogP contribution in [-0.2, 0) is 19.6 Å². The highest BCUT2D eigenvalue weighted by atomic mass is 35.5.